The highest BCUT2D eigenvalue weighted by Gasteiger charge is 2.75. The molecule has 6 aliphatic rings. The maximum atomic E-state index is 14.3. The number of ketones is 2. The van der Waals surface area contributed by atoms with Crippen LogP contribution in [0.2, 0.25) is 0 Å². The second-order valence-corrected chi connectivity index (χ2v) is 14.0. The summed E-state index contributed by atoms with van der Waals surface area (Å²) in [6, 6.07) is 0.307. The van der Waals surface area contributed by atoms with Gasteiger partial charge in [-0.15, -0.1) is 0 Å². The Hall–Kier alpha value is -1.83. The SMILES string of the molecule is CC(C)C(=O)OCC(=O)[C@@]12ON(C3CCCCC3)C[C@@H]1CC1C3CCC4=CC(=O)C=C[C@]4(C)C3[C@@H](O)C[C@@]12C. The summed E-state index contributed by atoms with van der Waals surface area (Å²) in [6.07, 6.45) is 13.6. The van der Waals surface area contributed by atoms with Gasteiger partial charge in [0.25, 0.3) is 0 Å². The minimum Gasteiger partial charge on any atom is -0.457 e. The summed E-state index contributed by atoms with van der Waals surface area (Å²) in [6.45, 7) is 8.31. The minimum atomic E-state index is -1.10. The minimum absolute atomic E-state index is 0.000815. The van der Waals surface area contributed by atoms with E-state index in [1.54, 1.807) is 26.0 Å². The van der Waals surface area contributed by atoms with Gasteiger partial charge in [0.15, 0.2) is 18.0 Å². The van der Waals surface area contributed by atoms with Gasteiger partial charge in [-0.05, 0) is 62.5 Å². The summed E-state index contributed by atoms with van der Waals surface area (Å²) in [5.74, 6) is -0.376. The first-order chi connectivity index (χ1) is 18.5. The molecule has 0 bridgehead atoms. The van der Waals surface area contributed by atoms with Crippen LogP contribution in [0.15, 0.2) is 23.8 Å². The highest BCUT2D eigenvalue weighted by molar-refractivity contribution is 6.01. The average Bonchev–Trinajstić information content (AvgIpc) is 3.41. The summed E-state index contributed by atoms with van der Waals surface area (Å²) in [4.78, 5) is 45.7. The molecular formula is C32H45NO6. The molecule has 0 aromatic rings. The van der Waals surface area contributed by atoms with Gasteiger partial charge in [-0.2, -0.15) is 5.06 Å². The van der Waals surface area contributed by atoms with E-state index in [1.165, 1.54) is 19.3 Å². The molecule has 214 valence electrons. The zero-order chi connectivity index (χ0) is 27.7. The van der Waals surface area contributed by atoms with E-state index in [9.17, 15) is 19.5 Å². The average molecular weight is 540 g/mol. The van der Waals surface area contributed by atoms with E-state index in [1.807, 2.05) is 6.08 Å². The molecule has 1 N–H and O–H groups in total. The zero-order valence-corrected chi connectivity index (χ0v) is 24.0. The van der Waals surface area contributed by atoms with Crippen molar-refractivity contribution in [3.63, 3.8) is 0 Å². The lowest BCUT2D eigenvalue weighted by Crippen LogP contribution is -2.63. The number of hydrogen-bond acceptors (Lipinski definition) is 7. The molecule has 5 fully saturated rings. The number of Topliss-reactive ketones (excluding diaryl/α,β-unsaturated/α-hetero) is 1. The van der Waals surface area contributed by atoms with Crippen molar-refractivity contribution in [2.75, 3.05) is 13.2 Å². The molecule has 1 aliphatic heterocycles. The van der Waals surface area contributed by atoms with Crippen LogP contribution >= 0.6 is 0 Å². The summed E-state index contributed by atoms with van der Waals surface area (Å²) in [5.41, 5.74) is -0.903. The van der Waals surface area contributed by atoms with Gasteiger partial charge in [-0.3, -0.25) is 19.2 Å². The Morgan fingerprint density at radius 2 is 1.92 bits per heavy atom. The predicted molar refractivity (Wildman–Crippen MR) is 145 cm³/mol. The van der Waals surface area contributed by atoms with E-state index < -0.39 is 17.1 Å². The number of carbonyl (C=O) groups is 3. The van der Waals surface area contributed by atoms with Crippen LogP contribution in [0.4, 0.5) is 0 Å². The van der Waals surface area contributed by atoms with Crippen LogP contribution in [0.3, 0.4) is 0 Å². The predicted octanol–water partition coefficient (Wildman–Crippen LogP) is 4.58. The fourth-order valence-electron chi connectivity index (χ4n) is 9.89. The van der Waals surface area contributed by atoms with Crippen molar-refractivity contribution >= 4 is 17.5 Å². The third-order valence-corrected chi connectivity index (χ3v) is 11.7. The lowest BCUT2D eigenvalue weighted by molar-refractivity contribution is -0.265. The smallest absolute Gasteiger partial charge is 0.308 e. The molecule has 8 atom stereocenters. The highest BCUT2D eigenvalue weighted by Crippen LogP contribution is 2.70. The number of esters is 1. The largest absolute Gasteiger partial charge is 0.457 e. The number of rotatable bonds is 5. The van der Waals surface area contributed by atoms with Crippen LogP contribution < -0.4 is 0 Å². The number of aliphatic hydroxyl groups is 1. The second-order valence-electron chi connectivity index (χ2n) is 14.0. The van der Waals surface area contributed by atoms with Gasteiger partial charge in [0.2, 0.25) is 5.78 Å². The monoisotopic (exact) mass is 539 g/mol. The van der Waals surface area contributed by atoms with Crippen molar-refractivity contribution in [2.45, 2.75) is 103 Å². The maximum Gasteiger partial charge on any atom is 0.308 e. The molecule has 39 heavy (non-hydrogen) atoms. The van der Waals surface area contributed by atoms with Crippen LogP contribution in [0.5, 0.6) is 0 Å². The first kappa shape index (κ1) is 27.3. The lowest BCUT2D eigenvalue weighted by atomic mass is 9.46. The lowest BCUT2D eigenvalue weighted by Gasteiger charge is -2.60. The van der Waals surface area contributed by atoms with E-state index >= 15 is 0 Å². The van der Waals surface area contributed by atoms with Crippen molar-refractivity contribution in [1.82, 2.24) is 5.06 Å². The Balaban J connectivity index is 1.35. The van der Waals surface area contributed by atoms with Crippen molar-refractivity contribution < 1.29 is 29.1 Å². The molecule has 0 amide bonds. The number of ether oxygens (including phenoxy) is 1. The molecule has 5 aliphatic carbocycles. The van der Waals surface area contributed by atoms with Crippen LogP contribution in [0.25, 0.3) is 0 Å². The summed E-state index contributed by atoms with van der Waals surface area (Å²) in [5, 5.41) is 14.0. The standard InChI is InChI=1S/C32H45NO6/c1-19(2)29(37)38-18-27(36)32-21(17-33(39-32)22-8-6-5-7-9-22)15-25-24-11-10-20-14-23(34)12-13-30(20,3)28(24)26(35)16-31(25,32)4/h12-14,19,21-22,24-26,28,35H,5-11,15-18H2,1-4H3/t21-,24?,25?,26-,28?,30-,31-,32-/m0/s1. The van der Waals surface area contributed by atoms with Gasteiger partial charge < -0.3 is 9.84 Å². The van der Waals surface area contributed by atoms with Gasteiger partial charge in [0.1, 0.15) is 0 Å². The van der Waals surface area contributed by atoms with E-state index in [0.717, 1.165) is 37.7 Å². The maximum absolute atomic E-state index is 14.3. The number of hydroxylamine groups is 2. The molecular weight excluding hydrogens is 494 g/mol. The molecule has 0 spiro atoms. The van der Waals surface area contributed by atoms with Crippen LogP contribution in [-0.2, 0) is 24.0 Å². The van der Waals surface area contributed by atoms with Crippen molar-refractivity contribution in [2.24, 2.45) is 40.4 Å². The number of fused-ring (bicyclic) bond motifs is 7. The van der Waals surface area contributed by atoms with Crippen molar-refractivity contribution in [3.8, 4) is 0 Å². The Morgan fingerprint density at radius 3 is 2.64 bits per heavy atom. The Kier molecular flexibility index (Phi) is 6.75. The van der Waals surface area contributed by atoms with Crippen LogP contribution in [0.1, 0.15) is 85.5 Å². The van der Waals surface area contributed by atoms with E-state index in [0.29, 0.717) is 19.0 Å². The molecule has 6 rings (SSSR count). The van der Waals surface area contributed by atoms with Gasteiger partial charge in [0.05, 0.1) is 12.0 Å². The van der Waals surface area contributed by atoms with Crippen LogP contribution in [-0.4, -0.2) is 58.6 Å². The number of allylic oxidation sites excluding steroid dienone is 4. The normalized spacial score (nSPS) is 43.9. The van der Waals surface area contributed by atoms with E-state index in [2.05, 4.69) is 18.9 Å². The van der Waals surface area contributed by atoms with Gasteiger partial charge in [-0.1, -0.05) is 58.6 Å². The third kappa shape index (κ3) is 3.97. The fourth-order valence-corrected chi connectivity index (χ4v) is 9.89. The Bertz CT molecular complexity index is 1110. The summed E-state index contributed by atoms with van der Waals surface area (Å²) in [7, 11) is 0. The van der Waals surface area contributed by atoms with Gasteiger partial charge in [0, 0.05) is 35.3 Å². The molecule has 0 aromatic carbocycles. The molecule has 7 nitrogen and oxygen atoms in total. The van der Waals surface area contributed by atoms with E-state index in [4.69, 9.17) is 9.57 Å². The molecule has 0 radical (unpaired) electrons. The van der Waals surface area contributed by atoms with E-state index in [-0.39, 0.29) is 59.1 Å². The Morgan fingerprint density at radius 1 is 1.18 bits per heavy atom. The van der Waals surface area contributed by atoms with Crippen molar-refractivity contribution in [3.05, 3.63) is 23.8 Å². The molecule has 4 saturated carbocycles. The van der Waals surface area contributed by atoms with Gasteiger partial charge in [-0.25, -0.2) is 0 Å². The quantitative estimate of drug-likeness (QED) is 0.511. The first-order valence-electron chi connectivity index (χ1n) is 15.3. The number of hydrogen-bond donors (Lipinski definition) is 1. The number of carbonyl (C=O) groups excluding carboxylic acids is 3. The zero-order valence-electron chi connectivity index (χ0n) is 24.0. The Labute approximate surface area is 232 Å². The molecule has 3 unspecified atom stereocenters. The second kappa shape index (κ2) is 9.63. The number of aliphatic hydroxyl groups excluding tert-OH is 1. The molecule has 0 aromatic heterocycles. The molecule has 1 heterocycles. The highest BCUT2D eigenvalue weighted by atomic mass is 16.7. The van der Waals surface area contributed by atoms with Crippen molar-refractivity contribution in [1.29, 1.82) is 0 Å². The third-order valence-electron chi connectivity index (χ3n) is 11.7. The fraction of sp³-hybridized carbons (Fsp3) is 0.781. The van der Waals surface area contributed by atoms with Gasteiger partial charge >= 0.3 is 5.97 Å². The topological polar surface area (TPSA) is 93.1 Å². The summed E-state index contributed by atoms with van der Waals surface area (Å²) >= 11 is 0. The number of nitrogens with zero attached hydrogens (tertiary/aromatic N) is 1. The first-order valence-corrected chi connectivity index (χ1v) is 15.3. The van der Waals surface area contributed by atoms with Crippen LogP contribution in [0, 0.1) is 40.4 Å². The molecule has 7 heteroatoms. The molecule has 1 saturated heterocycles. The summed E-state index contributed by atoms with van der Waals surface area (Å²) < 4.78 is 5.52.